The highest BCUT2D eigenvalue weighted by atomic mass is 16.5. The number of carbonyl (C=O) groups is 1. The minimum Gasteiger partial charge on any atom is -0.462 e. The number of carbonyl (C=O) groups excluding carboxylic acids is 1. The highest BCUT2D eigenvalue weighted by molar-refractivity contribution is 5.73. The van der Waals surface area contributed by atoms with E-state index in [2.05, 4.69) is 5.43 Å². The van der Waals surface area contributed by atoms with Gasteiger partial charge in [-0.3, -0.25) is 9.47 Å². The lowest BCUT2D eigenvalue weighted by molar-refractivity contribution is -0.145. The average Bonchev–Trinajstić information content (AvgIpc) is 2.51. The predicted octanol–water partition coefficient (Wildman–Crippen LogP) is 0.983. The van der Waals surface area contributed by atoms with Gasteiger partial charge in [0.1, 0.15) is 6.54 Å². The normalized spacial score (nSPS) is 10.1. The van der Waals surface area contributed by atoms with Crippen LogP contribution in [0.25, 0.3) is 0 Å². The molecule has 0 unspecified atom stereocenters. The third-order valence-electron chi connectivity index (χ3n) is 1.38. The lowest BCUT2D eigenvalue weighted by Gasteiger charge is -2.09. The van der Waals surface area contributed by atoms with Gasteiger partial charge in [0.15, 0.2) is 0 Å². The molecule has 4 nitrogen and oxygen atoms in total. The van der Waals surface area contributed by atoms with Crippen molar-refractivity contribution in [3.63, 3.8) is 0 Å². The fraction of sp³-hybridized carbons (Fsp3) is 0.444. The van der Waals surface area contributed by atoms with E-state index in [0.29, 0.717) is 0 Å². The van der Waals surface area contributed by atoms with E-state index in [4.69, 9.17) is 4.74 Å². The summed E-state index contributed by atoms with van der Waals surface area (Å²) in [6, 6.07) is 3.75. The average molecular weight is 182 g/mol. The standard InChI is InChI=1S/C9H14N2O2/c1-8(2)13-9(12)7-10-11-5-3-4-6-11/h3-6,8,10H,7H2,1-2H3. The molecule has 0 spiro atoms. The number of rotatable bonds is 4. The lowest BCUT2D eigenvalue weighted by Crippen LogP contribution is -2.25. The van der Waals surface area contributed by atoms with Crippen molar-refractivity contribution in [3.05, 3.63) is 24.5 Å². The molecule has 0 aliphatic rings. The maximum atomic E-state index is 11.1. The molecular weight excluding hydrogens is 168 g/mol. The van der Waals surface area contributed by atoms with Crippen molar-refractivity contribution in [1.29, 1.82) is 0 Å². The number of ether oxygens (including phenoxy) is 1. The van der Waals surface area contributed by atoms with E-state index in [1.54, 1.807) is 4.68 Å². The third kappa shape index (κ3) is 3.64. The second kappa shape index (κ2) is 4.54. The molecule has 1 aromatic heterocycles. The first-order chi connectivity index (χ1) is 6.18. The fourth-order valence-electron chi connectivity index (χ4n) is 0.900. The van der Waals surface area contributed by atoms with E-state index in [1.807, 2.05) is 38.4 Å². The molecule has 1 aromatic rings. The molecule has 0 amide bonds. The number of hydrogen-bond acceptors (Lipinski definition) is 3. The monoisotopic (exact) mass is 182 g/mol. The molecule has 0 bridgehead atoms. The Bertz CT molecular complexity index is 255. The summed E-state index contributed by atoms with van der Waals surface area (Å²) in [5.74, 6) is -0.247. The number of nitrogens with zero attached hydrogens (tertiary/aromatic N) is 1. The molecule has 0 radical (unpaired) electrons. The van der Waals surface area contributed by atoms with Crippen LogP contribution in [0.1, 0.15) is 13.8 Å². The molecule has 4 heteroatoms. The van der Waals surface area contributed by atoms with E-state index in [9.17, 15) is 4.79 Å². The second-order valence-corrected chi connectivity index (χ2v) is 2.96. The highest BCUT2D eigenvalue weighted by Crippen LogP contribution is 1.89. The quantitative estimate of drug-likeness (QED) is 0.706. The molecule has 0 atom stereocenters. The zero-order valence-corrected chi connectivity index (χ0v) is 7.86. The maximum Gasteiger partial charge on any atom is 0.327 e. The summed E-state index contributed by atoms with van der Waals surface area (Å²) in [5, 5.41) is 0. The first-order valence-electron chi connectivity index (χ1n) is 4.25. The van der Waals surface area contributed by atoms with Crippen LogP contribution in [0.5, 0.6) is 0 Å². The summed E-state index contributed by atoms with van der Waals surface area (Å²) >= 11 is 0. The Morgan fingerprint density at radius 3 is 2.62 bits per heavy atom. The van der Waals surface area contributed by atoms with Crippen LogP contribution < -0.4 is 5.43 Å². The minimum absolute atomic E-state index is 0.0565. The van der Waals surface area contributed by atoms with Gasteiger partial charge in [-0.2, -0.15) is 0 Å². The summed E-state index contributed by atoms with van der Waals surface area (Å²) in [6.07, 6.45) is 3.59. The van der Waals surface area contributed by atoms with Crippen LogP contribution in [0, 0.1) is 0 Å². The summed E-state index contributed by atoms with van der Waals surface area (Å²) in [4.78, 5) is 11.1. The van der Waals surface area contributed by atoms with Crippen molar-refractivity contribution < 1.29 is 9.53 Å². The SMILES string of the molecule is CC(C)OC(=O)CNn1cccc1. The first-order valence-corrected chi connectivity index (χ1v) is 4.25. The van der Waals surface area contributed by atoms with Gasteiger partial charge in [-0.1, -0.05) is 0 Å². The molecule has 0 fully saturated rings. The number of hydrogen-bond donors (Lipinski definition) is 1. The number of nitrogens with one attached hydrogen (secondary N) is 1. The lowest BCUT2D eigenvalue weighted by atomic mass is 10.5. The van der Waals surface area contributed by atoms with Crippen LogP contribution in [0.15, 0.2) is 24.5 Å². The van der Waals surface area contributed by atoms with Crippen molar-refractivity contribution in [2.75, 3.05) is 12.0 Å². The van der Waals surface area contributed by atoms with Gasteiger partial charge in [0, 0.05) is 12.4 Å². The van der Waals surface area contributed by atoms with Crippen molar-refractivity contribution >= 4 is 5.97 Å². The number of aromatic nitrogens is 1. The summed E-state index contributed by atoms with van der Waals surface area (Å²) < 4.78 is 6.64. The minimum atomic E-state index is -0.247. The summed E-state index contributed by atoms with van der Waals surface area (Å²) in [6.45, 7) is 3.84. The molecule has 0 aliphatic carbocycles. The molecule has 0 aromatic carbocycles. The largest absolute Gasteiger partial charge is 0.462 e. The van der Waals surface area contributed by atoms with E-state index in [0.717, 1.165) is 0 Å². The van der Waals surface area contributed by atoms with Crippen molar-refractivity contribution in [3.8, 4) is 0 Å². The molecule has 1 N–H and O–H groups in total. The molecule has 0 saturated heterocycles. The predicted molar refractivity (Wildman–Crippen MR) is 49.9 cm³/mol. The van der Waals surface area contributed by atoms with Gasteiger partial charge in [-0.05, 0) is 26.0 Å². The maximum absolute atomic E-state index is 11.1. The zero-order valence-electron chi connectivity index (χ0n) is 7.86. The van der Waals surface area contributed by atoms with Crippen LogP contribution in [0.4, 0.5) is 0 Å². The van der Waals surface area contributed by atoms with Gasteiger partial charge in [-0.25, -0.2) is 0 Å². The van der Waals surface area contributed by atoms with Gasteiger partial charge < -0.3 is 10.2 Å². The third-order valence-corrected chi connectivity index (χ3v) is 1.38. The zero-order chi connectivity index (χ0) is 9.68. The Kier molecular flexibility index (Phi) is 3.37. The molecule has 72 valence electrons. The molecule has 1 heterocycles. The fourth-order valence-corrected chi connectivity index (χ4v) is 0.900. The Labute approximate surface area is 77.5 Å². The summed E-state index contributed by atoms with van der Waals surface area (Å²) in [7, 11) is 0. The Morgan fingerprint density at radius 1 is 1.46 bits per heavy atom. The smallest absolute Gasteiger partial charge is 0.327 e. The molecule has 0 saturated carbocycles. The molecule has 0 aliphatic heterocycles. The first kappa shape index (κ1) is 9.64. The summed E-state index contributed by atoms with van der Waals surface area (Å²) in [5.41, 5.74) is 2.87. The molecule has 1 rings (SSSR count). The van der Waals surface area contributed by atoms with Gasteiger partial charge >= 0.3 is 5.97 Å². The van der Waals surface area contributed by atoms with Crippen molar-refractivity contribution in [2.45, 2.75) is 20.0 Å². The van der Waals surface area contributed by atoms with Gasteiger partial charge in [0.25, 0.3) is 0 Å². The highest BCUT2D eigenvalue weighted by Gasteiger charge is 2.03. The van der Waals surface area contributed by atoms with E-state index in [-0.39, 0.29) is 18.6 Å². The van der Waals surface area contributed by atoms with Gasteiger partial charge in [0.2, 0.25) is 0 Å². The Balaban J connectivity index is 2.23. The van der Waals surface area contributed by atoms with Crippen LogP contribution in [0.2, 0.25) is 0 Å². The van der Waals surface area contributed by atoms with Gasteiger partial charge in [-0.15, -0.1) is 0 Å². The Morgan fingerprint density at radius 2 is 2.08 bits per heavy atom. The van der Waals surface area contributed by atoms with Crippen molar-refractivity contribution in [1.82, 2.24) is 4.68 Å². The second-order valence-electron chi connectivity index (χ2n) is 2.96. The molecular formula is C9H14N2O2. The number of esters is 1. The van der Waals surface area contributed by atoms with Crippen LogP contribution in [-0.2, 0) is 9.53 Å². The van der Waals surface area contributed by atoms with E-state index >= 15 is 0 Å². The van der Waals surface area contributed by atoms with Crippen molar-refractivity contribution in [2.24, 2.45) is 0 Å². The van der Waals surface area contributed by atoms with Gasteiger partial charge in [0.05, 0.1) is 6.10 Å². The Hall–Kier alpha value is -1.45. The topological polar surface area (TPSA) is 43.3 Å². The molecule has 13 heavy (non-hydrogen) atoms. The van der Waals surface area contributed by atoms with E-state index in [1.165, 1.54) is 0 Å². The van der Waals surface area contributed by atoms with Crippen LogP contribution in [0.3, 0.4) is 0 Å². The van der Waals surface area contributed by atoms with Crippen LogP contribution >= 0.6 is 0 Å². The van der Waals surface area contributed by atoms with Crippen LogP contribution in [-0.4, -0.2) is 23.3 Å². The van der Waals surface area contributed by atoms with E-state index < -0.39 is 0 Å².